The van der Waals surface area contributed by atoms with Crippen LogP contribution in [0.3, 0.4) is 0 Å². The lowest BCUT2D eigenvalue weighted by Crippen LogP contribution is -2.31. The summed E-state index contributed by atoms with van der Waals surface area (Å²) in [5.41, 5.74) is 1.18. The molecule has 1 fully saturated rings. The van der Waals surface area contributed by atoms with Crippen molar-refractivity contribution in [1.82, 2.24) is 9.46 Å². The van der Waals surface area contributed by atoms with E-state index in [9.17, 15) is 8.42 Å². The molecule has 0 amide bonds. The molecule has 2 aromatic rings. The van der Waals surface area contributed by atoms with Crippen LogP contribution in [0.2, 0.25) is 0 Å². The van der Waals surface area contributed by atoms with Gasteiger partial charge in [0.15, 0.2) is 5.76 Å². The van der Waals surface area contributed by atoms with Crippen molar-refractivity contribution < 1.29 is 22.4 Å². The Bertz CT molecular complexity index is 856. The van der Waals surface area contributed by atoms with Gasteiger partial charge >= 0.3 is 0 Å². The summed E-state index contributed by atoms with van der Waals surface area (Å²) in [6.45, 7) is 3.70. The Balaban J connectivity index is 2.07. The van der Waals surface area contributed by atoms with E-state index < -0.39 is 10.0 Å². The lowest BCUT2D eigenvalue weighted by molar-refractivity contribution is 0.360. The van der Waals surface area contributed by atoms with Crippen LogP contribution in [0.1, 0.15) is 35.9 Å². The molecule has 8 heteroatoms. The van der Waals surface area contributed by atoms with Crippen LogP contribution in [-0.4, -0.2) is 38.6 Å². The highest BCUT2D eigenvalue weighted by atomic mass is 32.2. The fourth-order valence-electron chi connectivity index (χ4n) is 3.40. The molecule has 0 unspecified atom stereocenters. The maximum atomic E-state index is 13.2. The van der Waals surface area contributed by atoms with E-state index in [-0.39, 0.29) is 10.9 Å². The van der Waals surface area contributed by atoms with Gasteiger partial charge in [0.1, 0.15) is 22.1 Å². The average molecular weight is 366 g/mol. The second-order valence-corrected chi connectivity index (χ2v) is 7.86. The van der Waals surface area contributed by atoms with Gasteiger partial charge in [0.25, 0.3) is 0 Å². The van der Waals surface area contributed by atoms with Crippen molar-refractivity contribution >= 4 is 10.0 Å². The van der Waals surface area contributed by atoms with E-state index in [1.807, 2.05) is 6.07 Å². The molecule has 1 aliphatic rings. The number of aromatic nitrogens is 1. The molecule has 1 aromatic heterocycles. The van der Waals surface area contributed by atoms with E-state index >= 15 is 0 Å². The van der Waals surface area contributed by atoms with Crippen LogP contribution in [0.4, 0.5) is 0 Å². The van der Waals surface area contributed by atoms with Crippen molar-refractivity contribution in [3.63, 3.8) is 0 Å². The summed E-state index contributed by atoms with van der Waals surface area (Å²) in [4.78, 5) is 0.154. The Morgan fingerprint density at radius 1 is 1.24 bits per heavy atom. The Kier molecular flexibility index (Phi) is 4.75. The number of ether oxygens (including phenoxy) is 2. The van der Waals surface area contributed by atoms with Crippen molar-refractivity contribution in [1.29, 1.82) is 0 Å². The molecule has 25 heavy (non-hydrogen) atoms. The highest BCUT2D eigenvalue weighted by Crippen LogP contribution is 2.42. The molecule has 1 aromatic carbocycles. The highest BCUT2D eigenvalue weighted by Gasteiger charge is 2.40. The summed E-state index contributed by atoms with van der Waals surface area (Å²) in [7, 11) is -0.559. The minimum Gasteiger partial charge on any atom is -0.497 e. The Hall–Kier alpha value is -2.06. The molecule has 0 bridgehead atoms. The fraction of sp³-hybridized carbons (Fsp3) is 0.471. The van der Waals surface area contributed by atoms with Gasteiger partial charge in [-0.3, -0.25) is 0 Å². The zero-order valence-corrected chi connectivity index (χ0v) is 15.6. The van der Waals surface area contributed by atoms with Crippen molar-refractivity contribution in [2.75, 3.05) is 20.8 Å². The minimum absolute atomic E-state index is 0.154. The lowest BCUT2D eigenvalue weighted by atomic mass is 10.0. The summed E-state index contributed by atoms with van der Waals surface area (Å²) < 4.78 is 43.8. The second kappa shape index (κ2) is 6.68. The van der Waals surface area contributed by atoms with Crippen molar-refractivity contribution in [3.05, 3.63) is 35.2 Å². The van der Waals surface area contributed by atoms with Gasteiger partial charge in [-0.2, -0.15) is 4.31 Å². The normalized spacial score (nSPS) is 18.5. The number of nitrogens with zero attached hydrogens (tertiary/aromatic N) is 2. The SMILES string of the molecule is COc1ccc(OC)c([C@H]2CCCN2S(=O)(=O)c2c(C)noc2C)c1. The predicted octanol–water partition coefficient (Wildman–Crippen LogP) is 2.83. The molecular weight excluding hydrogens is 344 g/mol. The Morgan fingerprint density at radius 3 is 2.60 bits per heavy atom. The highest BCUT2D eigenvalue weighted by molar-refractivity contribution is 7.89. The number of hydrogen-bond acceptors (Lipinski definition) is 6. The van der Waals surface area contributed by atoms with Gasteiger partial charge < -0.3 is 14.0 Å². The molecule has 1 atom stereocenters. The molecule has 2 heterocycles. The monoisotopic (exact) mass is 366 g/mol. The number of hydrogen-bond donors (Lipinski definition) is 0. The van der Waals surface area contributed by atoms with Gasteiger partial charge in [-0.15, -0.1) is 0 Å². The van der Waals surface area contributed by atoms with Crippen LogP contribution >= 0.6 is 0 Å². The topological polar surface area (TPSA) is 81.9 Å². The van der Waals surface area contributed by atoms with E-state index in [0.717, 1.165) is 12.0 Å². The summed E-state index contributed by atoms with van der Waals surface area (Å²) in [6.07, 6.45) is 1.49. The molecule has 0 aliphatic carbocycles. The van der Waals surface area contributed by atoms with Crippen molar-refractivity contribution in [3.8, 4) is 11.5 Å². The molecule has 3 rings (SSSR count). The maximum Gasteiger partial charge on any atom is 0.249 e. The van der Waals surface area contributed by atoms with Gasteiger partial charge in [-0.25, -0.2) is 8.42 Å². The Labute approximate surface area is 147 Å². The summed E-state index contributed by atoms with van der Waals surface area (Å²) in [5.74, 6) is 1.62. The van der Waals surface area contributed by atoms with Gasteiger partial charge in [0, 0.05) is 12.1 Å². The molecule has 0 saturated carbocycles. The zero-order valence-electron chi connectivity index (χ0n) is 14.8. The van der Waals surface area contributed by atoms with Crippen LogP contribution in [-0.2, 0) is 10.0 Å². The number of methoxy groups -OCH3 is 2. The van der Waals surface area contributed by atoms with Crippen molar-refractivity contribution in [2.45, 2.75) is 37.6 Å². The standard InChI is InChI=1S/C17H22N2O5S/c1-11-17(12(2)24-18-11)25(20,21)19-9-5-6-15(19)14-10-13(22-3)7-8-16(14)23-4/h7-8,10,15H,5-6,9H2,1-4H3/t15-/m1/s1. The molecule has 1 saturated heterocycles. The molecular formula is C17H22N2O5S. The van der Waals surface area contributed by atoms with E-state index in [2.05, 4.69) is 5.16 Å². The molecule has 0 N–H and O–H groups in total. The third kappa shape index (κ3) is 3.00. The quantitative estimate of drug-likeness (QED) is 0.809. The van der Waals surface area contributed by atoms with E-state index in [4.69, 9.17) is 14.0 Å². The van der Waals surface area contributed by atoms with Gasteiger partial charge in [-0.05, 0) is 44.9 Å². The minimum atomic E-state index is -3.72. The van der Waals surface area contributed by atoms with Gasteiger partial charge in [-0.1, -0.05) is 5.16 Å². The largest absolute Gasteiger partial charge is 0.497 e. The van der Waals surface area contributed by atoms with Crippen LogP contribution in [0.15, 0.2) is 27.6 Å². The zero-order chi connectivity index (χ0) is 18.2. The third-order valence-electron chi connectivity index (χ3n) is 4.53. The van der Waals surface area contributed by atoms with Gasteiger partial charge in [0.2, 0.25) is 10.0 Å². The maximum absolute atomic E-state index is 13.2. The molecule has 1 aliphatic heterocycles. The lowest BCUT2D eigenvalue weighted by Gasteiger charge is -2.25. The first-order valence-corrected chi connectivity index (χ1v) is 9.50. The number of aryl methyl sites for hydroxylation is 2. The third-order valence-corrected chi connectivity index (χ3v) is 6.69. The van der Waals surface area contributed by atoms with Crippen LogP contribution in [0.25, 0.3) is 0 Å². The first-order chi connectivity index (χ1) is 11.9. The predicted molar refractivity (Wildman–Crippen MR) is 91.4 cm³/mol. The summed E-state index contributed by atoms with van der Waals surface area (Å²) in [6, 6.07) is 5.12. The fourth-order valence-corrected chi connectivity index (χ4v) is 5.37. The first kappa shape index (κ1) is 17.8. The van der Waals surface area contributed by atoms with E-state index in [1.54, 1.807) is 40.2 Å². The van der Waals surface area contributed by atoms with E-state index in [1.165, 1.54) is 4.31 Å². The van der Waals surface area contributed by atoms with Crippen LogP contribution in [0.5, 0.6) is 11.5 Å². The number of rotatable bonds is 5. The van der Waals surface area contributed by atoms with Crippen LogP contribution in [0, 0.1) is 13.8 Å². The molecule has 7 nitrogen and oxygen atoms in total. The first-order valence-electron chi connectivity index (χ1n) is 8.06. The van der Waals surface area contributed by atoms with Crippen LogP contribution < -0.4 is 9.47 Å². The van der Waals surface area contributed by atoms with Crippen molar-refractivity contribution in [2.24, 2.45) is 0 Å². The molecule has 136 valence electrons. The number of benzene rings is 1. The summed E-state index contributed by atoms with van der Waals surface area (Å²) in [5, 5.41) is 3.79. The second-order valence-electron chi connectivity index (χ2n) is 6.03. The summed E-state index contributed by atoms with van der Waals surface area (Å²) >= 11 is 0. The molecule has 0 radical (unpaired) electrons. The molecule has 0 spiro atoms. The average Bonchev–Trinajstić information content (AvgIpc) is 3.21. The smallest absolute Gasteiger partial charge is 0.249 e. The Morgan fingerprint density at radius 2 is 2.00 bits per heavy atom. The van der Waals surface area contributed by atoms with E-state index in [0.29, 0.717) is 35.9 Å². The number of sulfonamides is 1. The van der Waals surface area contributed by atoms with Gasteiger partial charge in [0.05, 0.1) is 20.3 Å².